The Morgan fingerprint density at radius 3 is 1.94 bits per heavy atom. The number of ketones is 1. The van der Waals surface area contributed by atoms with Crippen molar-refractivity contribution in [1.29, 1.82) is 0 Å². The van der Waals surface area contributed by atoms with Crippen LogP contribution in [-0.2, 0) is 14.3 Å². The van der Waals surface area contributed by atoms with Gasteiger partial charge >= 0.3 is 5.97 Å². The Hall–Kier alpha value is -0.630. The van der Waals surface area contributed by atoms with Gasteiger partial charge in [0.15, 0.2) is 0 Å². The molecule has 1 N–H and O–H groups in total. The summed E-state index contributed by atoms with van der Waals surface area (Å²) >= 11 is 19.2. The fourth-order valence-corrected chi connectivity index (χ4v) is 6.59. The van der Waals surface area contributed by atoms with E-state index in [2.05, 4.69) is 44.1 Å². The average Bonchev–Trinajstić information content (AvgIpc) is 2.85. The lowest BCUT2D eigenvalue weighted by atomic mass is 9.83. The number of ether oxygens (including phenoxy) is 1. The summed E-state index contributed by atoms with van der Waals surface area (Å²) < 4.78 is 5.39. The van der Waals surface area contributed by atoms with Crippen LogP contribution in [0.5, 0.6) is 0 Å². The number of alkyl halides is 2. The molecule has 1 aromatic rings. The molecule has 1 aromatic carbocycles. The summed E-state index contributed by atoms with van der Waals surface area (Å²) in [4.78, 5) is 37.8. The van der Waals surface area contributed by atoms with Crippen molar-refractivity contribution in [3.05, 3.63) is 27.7 Å². The Bertz CT molecular complexity index is 839. The molecule has 0 heterocycles. The summed E-state index contributed by atoms with van der Waals surface area (Å²) in [5.74, 6) is -1.26. The van der Waals surface area contributed by atoms with Gasteiger partial charge in [0.05, 0.1) is 34.3 Å². The Labute approximate surface area is 243 Å². The predicted molar refractivity (Wildman–Crippen MR) is 157 cm³/mol. The minimum Gasteiger partial charge on any atom is -0.462 e. The number of esters is 1. The highest BCUT2D eigenvalue weighted by Gasteiger charge is 2.35. The van der Waals surface area contributed by atoms with Crippen LogP contribution in [-0.4, -0.2) is 34.9 Å². The van der Waals surface area contributed by atoms with Crippen LogP contribution in [0.4, 0.5) is 5.69 Å². The van der Waals surface area contributed by atoms with Gasteiger partial charge in [-0.25, -0.2) is 4.79 Å². The van der Waals surface area contributed by atoms with Crippen molar-refractivity contribution in [2.24, 2.45) is 5.41 Å². The first-order valence-electron chi connectivity index (χ1n) is 12.9. The van der Waals surface area contributed by atoms with Gasteiger partial charge < -0.3 is 10.1 Å². The molecule has 0 aromatic heterocycles. The van der Waals surface area contributed by atoms with Crippen LogP contribution in [0.3, 0.4) is 0 Å². The number of hydrogen-bond acceptors (Lipinski definition) is 4. The van der Waals surface area contributed by atoms with Crippen molar-refractivity contribution in [1.82, 2.24) is 0 Å². The number of rotatable bonds is 19. The third-order valence-electron chi connectivity index (χ3n) is 6.38. The van der Waals surface area contributed by atoms with Crippen LogP contribution in [0, 0.1) is 5.41 Å². The molecule has 0 aliphatic carbocycles. The molecule has 0 radical (unpaired) electrons. The van der Waals surface area contributed by atoms with Crippen LogP contribution < -0.4 is 5.32 Å². The second-order valence-corrected chi connectivity index (χ2v) is 11.1. The van der Waals surface area contributed by atoms with E-state index in [0.29, 0.717) is 23.7 Å². The molecule has 0 bridgehead atoms. The predicted octanol–water partition coefficient (Wildman–Crippen LogP) is 9.15. The van der Waals surface area contributed by atoms with Crippen molar-refractivity contribution in [2.75, 3.05) is 22.6 Å². The summed E-state index contributed by atoms with van der Waals surface area (Å²) in [6.07, 6.45) is 12.2. The number of hydrogen-bond donors (Lipinski definition) is 1. The van der Waals surface area contributed by atoms with Crippen LogP contribution in [0.2, 0.25) is 10.0 Å². The summed E-state index contributed by atoms with van der Waals surface area (Å²) in [6.45, 7) is 4.44. The van der Waals surface area contributed by atoms with Gasteiger partial charge in [-0.15, -0.1) is 0 Å². The fraction of sp³-hybridized carbons (Fsp3) is 0.667. The number of carbonyl (C=O) groups excluding carboxylic acids is 3. The molecular weight excluding hydrogens is 633 g/mol. The summed E-state index contributed by atoms with van der Waals surface area (Å²) in [6, 6.07) is 2.79. The number of nitrogens with one attached hydrogen (secondary N) is 1. The van der Waals surface area contributed by atoms with Crippen LogP contribution in [0.1, 0.15) is 101 Å². The SMILES string of the molecule is CCCCCCCCCCCCOC(=O)c1cc(NC(=O)CC(=O)C(CC)(CBr)CBr)c(Cl)cc1Cl. The van der Waals surface area contributed by atoms with Gasteiger partial charge in [0.2, 0.25) is 5.91 Å². The van der Waals surface area contributed by atoms with E-state index < -0.39 is 17.3 Å². The van der Waals surface area contributed by atoms with Gasteiger partial charge in [-0.05, 0) is 25.0 Å². The minimum atomic E-state index is -0.662. The zero-order valence-corrected chi connectivity index (χ0v) is 26.1. The van der Waals surface area contributed by atoms with Gasteiger partial charge in [0.1, 0.15) is 5.78 Å². The van der Waals surface area contributed by atoms with E-state index >= 15 is 0 Å². The highest BCUT2D eigenvalue weighted by molar-refractivity contribution is 9.09. The van der Waals surface area contributed by atoms with E-state index in [-0.39, 0.29) is 33.5 Å². The molecule has 0 saturated heterocycles. The third-order valence-corrected chi connectivity index (χ3v) is 9.15. The molecule has 1 amide bonds. The zero-order valence-electron chi connectivity index (χ0n) is 21.4. The molecule has 0 atom stereocenters. The molecule has 0 aliphatic rings. The van der Waals surface area contributed by atoms with Crippen molar-refractivity contribution in [3.8, 4) is 0 Å². The quantitative estimate of drug-likeness (QED) is 0.0689. The first-order chi connectivity index (χ1) is 17.2. The van der Waals surface area contributed by atoms with E-state index in [1.54, 1.807) is 0 Å². The van der Waals surface area contributed by atoms with E-state index in [0.717, 1.165) is 19.3 Å². The second kappa shape index (κ2) is 18.6. The molecule has 0 fully saturated rings. The van der Waals surface area contributed by atoms with Crippen LogP contribution >= 0.6 is 55.1 Å². The summed E-state index contributed by atoms with van der Waals surface area (Å²) in [7, 11) is 0. The van der Waals surface area contributed by atoms with Crippen molar-refractivity contribution in [2.45, 2.75) is 90.9 Å². The largest absolute Gasteiger partial charge is 0.462 e. The molecular formula is C27H39Br2Cl2NO4. The lowest BCUT2D eigenvalue weighted by Gasteiger charge is -2.26. The number of unbranched alkanes of at least 4 members (excludes halogenated alkanes) is 9. The molecule has 0 spiro atoms. The first kappa shape index (κ1) is 33.4. The molecule has 5 nitrogen and oxygen atoms in total. The highest BCUT2D eigenvalue weighted by atomic mass is 79.9. The van der Waals surface area contributed by atoms with E-state index in [9.17, 15) is 14.4 Å². The number of anilines is 1. The average molecular weight is 672 g/mol. The Morgan fingerprint density at radius 2 is 1.42 bits per heavy atom. The van der Waals surface area contributed by atoms with Crippen LogP contribution in [0.25, 0.3) is 0 Å². The van der Waals surface area contributed by atoms with Crippen molar-refractivity contribution >= 4 is 78.4 Å². The van der Waals surface area contributed by atoms with Crippen molar-refractivity contribution < 1.29 is 19.1 Å². The molecule has 1 rings (SSSR count). The van der Waals surface area contributed by atoms with E-state index in [4.69, 9.17) is 27.9 Å². The van der Waals surface area contributed by atoms with Crippen molar-refractivity contribution in [3.63, 3.8) is 0 Å². The molecule has 0 saturated carbocycles. The summed E-state index contributed by atoms with van der Waals surface area (Å²) in [5, 5.41) is 3.85. The topological polar surface area (TPSA) is 72.5 Å². The maximum Gasteiger partial charge on any atom is 0.339 e. The number of Topliss-reactive ketones (excluding diaryl/α,β-unsaturated/α-hetero) is 1. The number of amides is 1. The Balaban J connectivity index is 2.54. The molecule has 204 valence electrons. The minimum absolute atomic E-state index is 0.124. The van der Waals surface area contributed by atoms with Gasteiger partial charge in [-0.2, -0.15) is 0 Å². The molecule has 9 heteroatoms. The summed E-state index contributed by atoms with van der Waals surface area (Å²) in [5.41, 5.74) is -0.326. The van der Waals surface area contributed by atoms with Gasteiger partial charge in [-0.1, -0.05) is 127 Å². The molecule has 0 aliphatic heterocycles. The van der Waals surface area contributed by atoms with Gasteiger partial charge in [0, 0.05) is 16.1 Å². The normalized spacial score (nSPS) is 11.4. The van der Waals surface area contributed by atoms with Gasteiger partial charge in [-0.3, -0.25) is 9.59 Å². The van der Waals surface area contributed by atoms with E-state index in [1.807, 2.05) is 6.92 Å². The monoisotopic (exact) mass is 669 g/mol. The third kappa shape index (κ3) is 11.4. The first-order valence-corrected chi connectivity index (χ1v) is 15.9. The van der Waals surface area contributed by atoms with E-state index in [1.165, 1.54) is 57.1 Å². The number of benzene rings is 1. The number of carbonyl (C=O) groups is 3. The standard InChI is InChI=1S/C27H39Br2Cl2NO4/c1-3-5-6-7-8-9-10-11-12-13-14-36-26(35)20-15-23(22(31)16-21(20)30)32-25(34)17-24(33)27(4-2,18-28)19-29/h15-16H,3-14,17-19H2,1-2H3,(H,32,34). The number of halogens is 4. The maximum atomic E-state index is 12.7. The zero-order chi connectivity index (χ0) is 27.0. The van der Waals surface area contributed by atoms with Crippen LogP contribution in [0.15, 0.2) is 12.1 Å². The lowest BCUT2D eigenvalue weighted by molar-refractivity contribution is -0.130. The second-order valence-electron chi connectivity index (χ2n) is 9.18. The molecule has 36 heavy (non-hydrogen) atoms. The Kier molecular flexibility index (Phi) is 17.2. The smallest absolute Gasteiger partial charge is 0.339 e. The Morgan fingerprint density at radius 1 is 0.861 bits per heavy atom. The highest BCUT2D eigenvalue weighted by Crippen LogP contribution is 2.32. The lowest BCUT2D eigenvalue weighted by Crippen LogP contribution is -2.36. The van der Waals surface area contributed by atoms with Gasteiger partial charge in [0.25, 0.3) is 0 Å². The maximum absolute atomic E-state index is 12.7. The fourth-order valence-electron chi connectivity index (χ4n) is 3.73. The molecule has 0 unspecified atom stereocenters.